The van der Waals surface area contributed by atoms with Gasteiger partial charge in [0.05, 0.1) is 0 Å². The summed E-state index contributed by atoms with van der Waals surface area (Å²) < 4.78 is 0. The number of thiophene rings is 1. The highest BCUT2D eigenvalue weighted by atomic mass is 35.5. The predicted molar refractivity (Wildman–Crippen MR) is 56.3 cm³/mol. The monoisotopic (exact) mass is 203 g/mol. The molecule has 1 aromatic heterocycles. The van der Waals surface area contributed by atoms with Crippen LogP contribution in [0.15, 0.2) is 11.4 Å². The van der Waals surface area contributed by atoms with Crippen molar-refractivity contribution < 1.29 is 0 Å². The number of hydrogen-bond donors (Lipinski definition) is 1. The molecule has 2 rings (SSSR count). The smallest absolute Gasteiger partial charge is 0.0328 e. The minimum atomic E-state index is 0. The van der Waals surface area contributed by atoms with Crippen molar-refractivity contribution in [2.75, 3.05) is 6.54 Å². The second kappa shape index (κ2) is 4.26. The molecule has 1 atom stereocenters. The minimum absolute atomic E-state index is 0. The van der Waals surface area contributed by atoms with Crippen LogP contribution in [0.4, 0.5) is 0 Å². The molecule has 0 amide bonds. The fourth-order valence-electron chi connectivity index (χ4n) is 1.70. The predicted octanol–water partition coefficient (Wildman–Crippen LogP) is 2.77. The lowest BCUT2D eigenvalue weighted by Gasteiger charge is -2.22. The van der Waals surface area contributed by atoms with E-state index in [1.807, 2.05) is 11.3 Å². The van der Waals surface area contributed by atoms with Crippen molar-refractivity contribution in [3.05, 3.63) is 21.9 Å². The summed E-state index contributed by atoms with van der Waals surface area (Å²) in [5.41, 5.74) is 1.55. The topological polar surface area (TPSA) is 12.0 Å². The van der Waals surface area contributed by atoms with Crippen LogP contribution in [0.3, 0.4) is 0 Å². The van der Waals surface area contributed by atoms with E-state index in [9.17, 15) is 0 Å². The molecular formula is C9H14ClNS. The first-order chi connectivity index (χ1) is 5.42. The first-order valence-corrected chi connectivity index (χ1v) is 5.09. The molecule has 2 heterocycles. The molecule has 1 aliphatic rings. The van der Waals surface area contributed by atoms with Gasteiger partial charge in [-0.05, 0) is 29.9 Å². The van der Waals surface area contributed by atoms with Crippen molar-refractivity contribution in [1.29, 1.82) is 0 Å². The number of fused-ring (bicyclic) bond motifs is 1. The number of nitrogens with one attached hydrogen (secondary N) is 1. The SMILES string of the molecule is CCC1NCCc2sccc21.Cl. The van der Waals surface area contributed by atoms with E-state index in [1.54, 1.807) is 10.4 Å². The van der Waals surface area contributed by atoms with E-state index >= 15 is 0 Å². The van der Waals surface area contributed by atoms with E-state index in [1.165, 1.54) is 12.8 Å². The Bertz CT molecular complexity index is 246. The molecular weight excluding hydrogens is 190 g/mol. The molecule has 1 aromatic rings. The van der Waals surface area contributed by atoms with Crippen LogP contribution in [0.1, 0.15) is 29.8 Å². The first kappa shape index (κ1) is 10.0. The largest absolute Gasteiger partial charge is 0.310 e. The third-order valence-electron chi connectivity index (χ3n) is 2.31. The van der Waals surface area contributed by atoms with Crippen LogP contribution in [0.25, 0.3) is 0 Å². The van der Waals surface area contributed by atoms with Gasteiger partial charge in [-0.2, -0.15) is 0 Å². The molecule has 68 valence electrons. The second-order valence-corrected chi connectivity index (χ2v) is 3.96. The van der Waals surface area contributed by atoms with E-state index in [0.717, 1.165) is 6.54 Å². The van der Waals surface area contributed by atoms with Crippen molar-refractivity contribution in [1.82, 2.24) is 5.32 Å². The van der Waals surface area contributed by atoms with Gasteiger partial charge in [-0.1, -0.05) is 6.92 Å². The van der Waals surface area contributed by atoms with Gasteiger partial charge in [0.2, 0.25) is 0 Å². The highest BCUT2D eigenvalue weighted by Gasteiger charge is 2.17. The molecule has 0 fully saturated rings. The molecule has 0 aliphatic carbocycles. The van der Waals surface area contributed by atoms with Gasteiger partial charge >= 0.3 is 0 Å². The van der Waals surface area contributed by atoms with Gasteiger partial charge in [-0.3, -0.25) is 0 Å². The third-order valence-corrected chi connectivity index (χ3v) is 3.30. The van der Waals surface area contributed by atoms with E-state index in [4.69, 9.17) is 0 Å². The molecule has 1 N–H and O–H groups in total. The Hall–Kier alpha value is -0.0500. The maximum Gasteiger partial charge on any atom is 0.0328 e. The highest BCUT2D eigenvalue weighted by molar-refractivity contribution is 7.10. The average molecular weight is 204 g/mol. The summed E-state index contributed by atoms with van der Waals surface area (Å²) in [5.74, 6) is 0. The molecule has 0 spiro atoms. The van der Waals surface area contributed by atoms with Crippen molar-refractivity contribution in [3.63, 3.8) is 0 Å². The number of halogens is 1. The Labute approximate surface area is 83.6 Å². The Morgan fingerprint density at radius 1 is 1.67 bits per heavy atom. The molecule has 1 unspecified atom stereocenters. The summed E-state index contributed by atoms with van der Waals surface area (Å²) in [6, 6.07) is 2.89. The van der Waals surface area contributed by atoms with Crippen LogP contribution in [-0.2, 0) is 6.42 Å². The van der Waals surface area contributed by atoms with E-state index in [0.29, 0.717) is 6.04 Å². The van der Waals surface area contributed by atoms with Gasteiger partial charge in [0, 0.05) is 17.5 Å². The summed E-state index contributed by atoms with van der Waals surface area (Å²) >= 11 is 1.90. The van der Waals surface area contributed by atoms with Gasteiger partial charge in [0.25, 0.3) is 0 Å². The fraction of sp³-hybridized carbons (Fsp3) is 0.556. The maximum atomic E-state index is 3.52. The van der Waals surface area contributed by atoms with Gasteiger partial charge in [-0.25, -0.2) is 0 Å². The molecule has 12 heavy (non-hydrogen) atoms. The summed E-state index contributed by atoms with van der Waals surface area (Å²) in [5, 5.41) is 5.73. The molecule has 0 aromatic carbocycles. The summed E-state index contributed by atoms with van der Waals surface area (Å²) in [7, 11) is 0. The van der Waals surface area contributed by atoms with Crippen LogP contribution >= 0.6 is 23.7 Å². The maximum absolute atomic E-state index is 3.52. The van der Waals surface area contributed by atoms with Gasteiger partial charge < -0.3 is 5.32 Å². The highest BCUT2D eigenvalue weighted by Crippen LogP contribution is 2.28. The molecule has 3 heteroatoms. The van der Waals surface area contributed by atoms with Crippen molar-refractivity contribution >= 4 is 23.7 Å². The Morgan fingerprint density at radius 3 is 3.25 bits per heavy atom. The van der Waals surface area contributed by atoms with Gasteiger partial charge in [0.15, 0.2) is 0 Å². The van der Waals surface area contributed by atoms with Crippen LogP contribution in [0.5, 0.6) is 0 Å². The molecule has 0 saturated carbocycles. The molecule has 1 nitrogen and oxygen atoms in total. The lowest BCUT2D eigenvalue weighted by Crippen LogP contribution is -2.27. The van der Waals surface area contributed by atoms with E-state index in [-0.39, 0.29) is 12.4 Å². The number of rotatable bonds is 1. The molecule has 0 bridgehead atoms. The quantitative estimate of drug-likeness (QED) is 0.740. The first-order valence-electron chi connectivity index (χ1n) is 4.21. The Kier molecular flexibility index (Phi) is 3.56. The fourth-order valence-corrected chi connectivity index (χ4v) is 2.64. The summed E-state index contributed by atoms with van der Waals surface area (Å²) in [6.45, 7) is 3.40. The van der Waals surface area contributed by atoms with Crippen molar-refractivity contribution in [2.45, 2.75) is 25.8 Å². The average Bonchev–Trinajstić information content (AvgIpc) is 2.50. The van der Waals surface area contributed by atoms with E-state index < -0.39 is 0 Å². The summed E-state index contributed by atoms with van der Waals surface area (Å²) in [4.78, 5) is 1.59. The van der Waals surface area contributed by atoms with Gasteiger partial charge in [0.1, 0.15) is 0 Å². The van der Waals surface area contributed by atoms with Crippen LogP contribution < -0.4 is 5.32 Å². The van der Waals surface area contributed by atoms with Crippen LogP contribution in [-0.4, -0.2) is 6.54 Å². The summed E-state index contributed by atoms with van der Waals surface area (Å²) in [6.07, 6.45) is 2.44. The molecule has 0 saturated heterocycles. The molecule has 0 radical (unpaired) electrons. The minimum Gasteiger partial charge on any atom is -0.310 e. The molecule has 1 aliphatic heterocycles. The van der Waals surface area contributed by atoms with Crippen molar-refractivity contribution in [3.8, 4) is 0 Å². The Balaban J connectivity index is 0.000000720. The van der Waals surface area contributed by atoms with E-state index in [2.05, 4.69) is 23.7 Å². The normalized spacial score (nSPS) is 21.2. The Morgan fingerprint density at radius 2 is 2.50 bits per heavy atom. The van der Waals surface area contributed by atoms with Crippen molar-refractivity contribution in [2.24, 2.45) is 0 Å². The standard InChI is InChI=1S/C9H13NS.ClH/c1-2-8-7-4-6-11-9(7)3-5-10-8;/h4,6,8,10H,2-3,5H2,1H3;1H. The van der Waals surface area contributed by atoms with Gasteiger partial charge in [-0.15, -0.1) is 23.7 Å². The number of hydrogen-bond acceptors (Lipinski definition) is 2. The lowest BCUT2D eigenvalue weighted by atomic mass is 10.0. The zero-order chi connectivity index (χ0) is 7.68. The van der Waals surface area contributed by atoms with Crippen LogP contribution in [0.2, 0.25) is 0 Å². The zero-order valence-electron chi connectivity index (χ0n) is 7.17. The lowest BCUT2D eigenvalue weighted by molar-refractivity contribution is 0.498. The van der Waals surface area contributed by atoms with Crippen LogP contribution in [0, 0.1) is 0 Å². The third kappa shape index (κ3) is 1.65. The second-order valence-electron chi connectivity index (χ2n) is 2.96. The zero-order valence-corrected chi connectivity index (χ0v) is 8.80.